The minimum absolute atomic E-state index is 0.0632. The van der Waals surface area contributed by atoms with Crippen molar-refractivity contribution in [3.05, 3.63) is 60.2 Å². The van der Waals surface area contributed by atoms with Gasteiger partial charge in [0.25, 0.3) is 0 Å². The summed E-state index contributed by atoms with van der Waals surface area (Å²) in [6.45, 7) is 2.24. The zero-order valence-corrected chi connectivity index (χ0v) is 12.5. The van der Waals surface area contributed by atoms with E-state index < -0.39 is 0 Å². The molecule has 0 amide bonds. The molecule has 0 aliphatic carbocycles. The summed E-state index contributed by atoms with van der Waals surface area (Å²) in [6, 6.07) is 13.3. The lowest BCUT2D eigenvalue weighted by molar-refractivity contribution is 0.629. The zero-order chi connectivity index (χ0) is 15.1. The highest BCUT2D eigenvalue weighted by Crippen LogP contribution is 2.09. The first-order valence-corrected chi connectivity index (χ1v) is 7.71. The Hall–Kier alpha value is -1.64. The van der Waals surface area contributed by atoms with Gasteiger partial charge < -0.3 is 0 Å². The van der Waals surface area contributed by atoms with Crippen molar-refractivity contribution in [2.75, 3.05) is 0 Å². The smallest absolute Gasteiger partial charge is 0.207 e. The molecule has 0 heterocycles. The van der Waals surface area contributed by atoms with Gasteiger partial charge in [-0.2, -0.15) is 0 Å². The number of unbranched alkanes of at least 4 members (excludes halogenated alkanes) is 3. The molecular formula is C18H21BF2. The van der Waals surface area contributed by atoms with E-state index in [1.54, 1.807) is 24.3 Å². The number of hydrogen-bond donors (Lipinski definition) is 0. The minimum atomic E-state index is -0.234. The summed E-state index contributed by atoms with van der Waals surface area (Å²) in [5, 5.41) is 0. The average Bonchev–Trinajstić information content (AvgIpc) is 2.47. The number of rotatable bonds is 7. The zero-order valence-electron chi connectivity index (χ0n) is 12.5. The highest BCUT2D eigenvalue weighted by molar-refractivity contribution is 6.85. The van der Waals surface area contributed by atoms with Gasteiger partial charge in [0, 0.05) is 0 Å². The summed E-state index contributed by atoms with van der Waals surface area (Å²) in [5.74, 6) is -0.468. The van der Waals surface area contributed by atoms with Crippen molar-refractivity contribution in [1.29, 1.82) is 0 Å². The Morgan fingerprint density at radius 1 is 0.810 bits per heavy atom. The maximum atomic E-state index is 13.5. The third kappa shape index (κ3) is 4.70. The van der Waals surface area contributed by atoms with Crippen LogP contribution in [0.2, 0.25) is 6.32 Å². The van der Waals surface area contributed by atoms with Crippen molar-refractivity contribution in [1.82, 2.24) is 0 Å². The predicted molar refractivity (Wildman–Crippen MR) is 86.8 cm³/mol. The largest absolute Gasteiger partial charge is 0.209 e. The van der Waals surface area contributed by atoms with Crippen LogP contribution in [0.4, 0.5) is 8.78 Å². The van der Waals surface area contributed by atoms with E-state index in [-0.39, 0.29) is 18.3 Å². The molecule has 0 radical (unpaired) electrons. The molecule has 0 aliphatic heterocycles. The quantitative estimate of drug-likeness (QED) is 0.529. The molecule has 0 fully saturated rings. The van der Waals surface area contributed by atoms with Crippen LogP contribution in [-0.4, -0.2) is 6.71 Å². The molecule has 0 spiro atoms. The van der Waals surface area contributed by atoms with E-state index in [9.17, 15) is 8.78 Å². The Labute approximate surface area is 126 Å². The average molecular weight is 286 g/mol. The highest BCUT2D eigenvalue weighted by Gasteiger charge is 2.19. The summed E-state index contributed by atoms with van der Waals surface area (Å²) >= 11 is 0. The molecular weight excluding hydrogens is 265 g/mol. The van der Waals surface area contributed by atoms with Gasteiger partial charge in [-0.25, -0.2) is 8.78 Å². The molecule has 2 aromatic rings. The van der Waals surface area contributed by atoms with Gasteiger partial charge in [-0.15, -0.1) is 0 Å². The third-order valence-corrected chi connectivity index (χ3v) is 3.85. The normalized spacial score (nSPS) is 10.6. The van der Waals surface area contributed by atoms with E-state index in [1.165, 1.54) is 25.0 Å². The molecule has 21 heavy (non-hydrogen) atoms. The first-order valence-electron chi connectivity index (χ1n) is 7.71. The molecule has 0 saturated heterocycles. The van der Waals surface area contributed by atoms with Crippen molar-refractivity contribution in [2.24, 2.45) is 0 Å². The molecule has 0 nitrogen and oxygen atoms in total. The fourth-order valence-corrected chi connectivity index (χ4v) is 2.75. The molecule has 0 bridgehead atoms. The van der Waals surface area contributed by atoms with Gasteiger partial charge in [0.2, 0.25) is 6.71 Å². The minimum Gasteiger partial charge on any atom is -0.207 e. The van der Waals surface area contributed by atoms with Crippen LogP contribution in [0.3, 0.4) is 0 Å². The Morgan fingerprint density at radius 3 is 1.86 bits per heavy atom. The molecule has 110 valence electrons. The maximum Gasteiger partial charge on any atom is 0.209 e. The SMILES string of the molecule is CCCCCCB(c1cccc(F)c1)c1cccc(F)c1. The summed E-state index contributed by atoms with van der Waals surface area (Å²) in [4.78, 5) is 0. The summed E-state index contributed by atoms with van der Waals surface area (Å²) in [7, 11) is 0. The van der Waals surface area contributed by atoms with Crippen molar-refractivity contribution >= 4 is 17.6 Å². The second kappa shape index (κ2) is 7.97. The van der Waals surface area contributed by atoms with Gasteiger partial charge in [0.05, 0.1) is 0 Å². The number of hydrogen-bond acceptors (Lipinski definition) is 0. The molecule has 0 aromatic heterocycles. The monoisotopic (exact) mass is 286 g/mol. The van der Waals surface area contributed by atoms with Crippen LogP contribution in [-0.2, 0) is 0 Å². The van der Waals surface area contributed by atoms with Crippen molar-refractivity contribution in [3.8, 4) is 0 Å². The Morgan fingerprint density at radius 2 is 1.38 bits per heavy atom. The van der Waals surface area contributed by atoms with Gasteiger partial charge in [0.15, 0.2) is 0 Å². The predicted octanol–water partition coefficient (Wildman–Crippen LogP) is 4.15. The van der Waals surface area contributed by atoms with Crippen molar-refractivity contribution < 1.29 is 8.78 Å². The van der Waals surface area contributed by atoms with Crippen LogP contribution in [0, 0.1) is 11.6 Å². The van der Waals surface area contributed by atoms with Gasteiger partial charge in [-0.05, 0) is 24.3 Å². The van der Waals surface area contributed by atoms with Crippen LogP contribution in [0.5, 0.6) is 0 Å². The first-order chi connectivity index (χ1) is 10.2. The van der Waals surface area contributed by atoms with Crippen LogP contribution < -0.4 is 10.9 Å². The van der Waals surface area contributed by atoms with Crippen molar-refractivity contribution in [3.63, 3.8) is 0 Å². The molecule has 0 unspecified atom stereocenters. The Bertz CT molecular complexity index is 523. The number of halogens is 2. The van der Waals surface area contributed by atoms with E-state index >= 15 is 0 Å². The second-order valence-electron chi connectivity index (χ2n) is 5.51. The van der Waals surface area contributed by atoms with Crippen LogP contribution in [0.15, 0.2) is 48.5 Å². The fourth-order valence-electron chi connectivity index (χ4n) is 2.75. The summed E-state index contributed by atoms with van der Waals surface area (Å²) < 4.78 is 27.0. The molecule has 2 aromatic carbocycles. The molecule has 0 atom stereocenters. The van der Waals surface area contributed by atoms with E-state index in [2.05, 4.69) is 6.92 Å². The van der Waals surface area contributed by atoms with Gasteiger partial charge in [0.1, 0.15) is 11.6 Å². The topological polar surface area (TPSA) is 0 Å². The third-order valence-electron chi connectivity index (χ3n) is 3.85. The molecule has 0 aliphatic rings. The van der Waals surface area contributed by atoms with Crippen molar-refractivity contribution in [2.45, 2.75) is 38.9 Å². The van der Waals surface area contributed by atoms with Crippen LogP contribution in [0.25, 0.3) is 0 Å². The lowest BCUT2D eigenvalue weighted by Crippen LogP contribution is -2.42. The van der Waals surface area contributed by atoms with Gasteiger partial charge >= 0.3 is 0 Å². The molecule has 2 rings (SSSR count). The van der Waals surface area contributed by atoms with Gasteiger partial charge in [-0.3, -0.25) is 0 Å². The Kier molecular flexibility index (Phi) is 5.97. The highest BCUT2D eigenvalue weighted by atomic mass is 19.1. The standard InChI is InChI=1S/C18H21BF2/c1-2-3-4-5-12-19(15-8-6-10-17(20)13-15)16-9-7-11-18(21)14-16/h6-11,13-14H,2-5,12H2,1H3. The fraction of sp³-hybridized carbons (Fsp3) is 0.333. The Balaban J connectivity index is 2.21. The van der Waals surface area contributed by atoms with E-state index in [1.807, 2.05) is 12.1 Å². The molecule has 0 saturated carbocycles. The summed E-state index contributed by atoms with van der Waals surface area (Å²) in [6.07, 6.45) is 5.56. The second-order valence-corrected chi connectivity index (χ2v) is 5.51. The van der Waals surface area contributed by atoms with E-state index in [4.69, 9.17) is 0 Å². The van der Waals surface area contributed by atoms with E-state index in [0.717, 1.165) is 30.1 Å². The molecule has 3 heteroatoms. The van der Waals surface area contributed by atoms with Crippen LogP contribution >= 0.6 is 0 Å². The van der Waals surface area contributed by atoms with E-state index in [0.29, 0.717) is 0 Å². The van der Waals surface area contributed by atoms with Gasteiger partial charge in [-0.1, -0.05) is 74.1 Å². The lowest BCUT2D eigenvalue weighted by Gasteiger charge is -2.15. The number of benzene rings is 2. The molecule has 0 N–H and O–H groups in total. The first kappa shape index (κ1) is 15.7. The van der Waals surface area contributed by atoms with Crippen LogP contribution in [0.1, 0.15) is 32.6 Å². The summed E-state index contributed by atoms with van der Waals surface area (Å²) in [5.41, 5.74) is 1.86. The lowest BCUT2D eigenvalue weighted by atomic mass is 9.38. The maximum absolute atomic E-state index is 13.5.